The lowest BCUT2D eigenvalue weighted by Crippen LogP contribution is -2.28. The second-order valence-corrected chi connectivity index (χ2v) is 7.34. The van der Waals surface area contributed by atoms with Crippen LogP contribution < -0.4 is 10.2 Å². The summed E-state index contributed by atoms with van der Waals surface area (Å²) in [6.45, 7) is 10.9. The Morgan fingerprint density at radius 2 is 1.95 bits per heavy atom. The van der Waals surface area contributed by atoms with Gasteiger partial charge in [0.25, 0.3) is 0 Å². The molecule has 1 saturated carbocycles. The predicted molar refractivity (Wildman–Crippen MR) is 93.3 cm³/mol. The average Bonchev–Trinajstić information content (AvgIpc) is 3.22. The molecule has 0 aliphatic heterocycles. The van der Waals surface area contributed by atoms with Gasteiger partial charge < -0.3 is 10.2 Å². The topological polar surface area (TPSA) is 15.3 Å². The molecule has 0 amide bonds. The van der Waals surface area contributed by atoms with Crippen molar-refractivity contribution in [3.63, 3.8) is 0 Å². The second kappa shape index (κ2) is 7.51. The van der Waals surface area contributed by atoms with E-state index in [2.05, 4.69) is 56.1 Å². The number of anilines is 1. The van der Waals surface area contributed by atoms with Gasteiger partial charge in [-0.05, 0) is 42.9 Å². The summed E-state index contributed by atoms with van der Waals surface area (Å²) in [4.78, 5) is 2.52. The molecular weight excluding hydrogens is 280 g/mol. The van der Waals surface area contributed by atoms with E-state index in [-0.39, 0.29) is 0 Å². The van der Waals surface area contributed by atoms with Crippen LogP contribution in [-0.2, 0) is 6.54 Å². The van der Waals surface area contributed by atoms with E-state index in [1.165, 1.54) is 30.5 Å². The highest BCUT2D eigenvalue weighted by Gasteiger charge is 2.30. The Morgan fingerprint density at radius 3 is 2.48 bits per heavy atom. The standard InChI is InChI=1S/C18H29ClN2/c1-13(2)9-10-21(16-6-7-16)18-8-5-15(11-17(18)19)12-20-14(3)4/h5,8,11,13-14,16,20H,6-7,9-10,12H2,1-4H3. The van der Waals surface area contributed by atoms with Crippen LogP contribution in [0.5, 0.6) is 0 Å². The molecule has 0 heterocycles. The van der Waals surface area contributed by atoms with E-state index in [0.29, 0.717) is 12.1 Å². The van der Waals surface area contributed by atoms with Crippen LogP contribution in [0.15, 0.2) is 18.2 Å². The number of nitrogens with one attached hydrogen (secondary N) is 1. The van der Waals surface area contributed by atoms with E-state index >= 15 is 0 Å². The van der Waals surface area contributed by atoms with Crippen LogP contribution in [0.4, 0.5) is 5.69 Å². The van der Waals surface area contributed by atoms with Crippen LogP contribution in [-0.4, -0.2) is 18.6 Å². The Balaban J connectivity index is 2.06. The first-order chi connectivity index (χ1) is 9.97. The Kier molecular flexibility index (Phi) is 5.95. The minimum absolute atomic E-state index is 0.498. The Labute approximate surface area is 134 Å². The monoisotopic (exact) mass is 308 g/mol. The van der Waals surface area contributed by atoms with Crippen LogP contribution >= 0.6 is 11.6 Å². The van der Waals surface area contributed by atoms with Gasteiger partial charge in [0, 0.05) is 25.2 Å². The normalized spacial score (nSPS) is 15.0. The van der Waals surface area contributed by atoms with Gasteiger partial charge in [-0.2, -0.15) is 0 Å². The molecule has 0 bridgehead atoms. The zero-order valence-corrected chi connectivity index (χ0v) is 14.6. The molecule has 0 atom stereocenters. The third kappa shape index (κ3) is 5.19. The molecule has 2 rings (SSSR count). The van der Waals surface area contributed by atoms with Crippen molar-refractivity contribution < 1.29 is 0 Å². The molecule has 1 aromatic carbocycles. The summed E-state index contributed by atoms with van der Waals surface area (Å²) in [6.07, 6.45) is 3.85. The van der Waals surface area contributed by atoms with Crippen LogP contribution in [0.1, 0.15) is 52.5 Å². The fourth-order valence-electron chi connectivity index (χ4n) is 2.50. The molecule has 1 aromatic rings. The summed E-state index contributed by atoms with van der Waals surface area (Å²) in [5, 5.41) is 4.34. The first-order valence-corrected chi connectivity index (χ1v) is 8.63. The highest BCUT2D eigenvalue weighted by atomic mass is 35.5. The molecule has 0 saturated heterocycles. The summed E-state index contributed by atoms with van der Waals surface area (Å²) < 4.78 is 0. The fourth-order valence-corrected chi connectivity index (χ4v) is 2.81. The van der Waals surface area contributed by atoms with Crippen molar-refractivity contribution in [2.45, 2.75) is 65.6 Å². The van der Waals surface area contributed by atoms with E-state index in [4.69, 9.17) is 11.6 Å². The molecule has 1 N–H and O–H groups in total. The summed E-state index contributed by atoms with van der Waals surface area (Å²) in [5.41, 5.74) is 2.48. The Hall–Kier alpha value is -0.730. The average molecular weight is 309 g/mol. The second-order valence-electron chi connectivity index (χ2n) is 6.93. The highest BCUT2D eigenvalue weighted by molar-refractivity contribution is 6.33. The summed E-state index contributed by atoms with van der Waals surface area (Å²) >= 11 is 6.56. The van der Waals surface area contributed by atoms with Gasteiger partial charge in [0.05, 0.1) is 10.7 Å². The smallest absolute Gasteiger partial charge is 0.0642 e. The van der Waals surface area contributed by atoms with E-state index in [1.807, 2.05) is 0 Å². The molecule has 3 heteroatoms. The van der Waals surface area contributed by atoms with E-state index in [1.54, 1.807) is 0 Å². The van der Waals surface area contributed by atoms with Crippen molar-refractivity contribution >= 4 is 17.3 Å². The molecule has 21 heavy (non-hydrogen) atoms. The van der Waals surface area contributed by atoms with E-state index < -0.39 is 0 Å². The maximum Gasteiger partial charge on any atom is 0.0642 e. The third-order valence-corrected chi connectivity index (χ3v) is 4.27. The predicted octanol–water partition coefficient (Wildman–Crippen LogP) is 4.85. The third-order valence-electron chi connectivity index (χ3n) is 3.97. The molecular formula is C18H29ClN2. The number of benzene rings is 1. The molecule has 0 aromatic heterocycles. The molecule has 0 radical (unpaired) electrons. The molecule has 118 valence electrons. The van der Waals surface area contributed by atoms with Crippen LogP contribution in [0.3, 0.4) is 0 Å². The maximum atomic E-state index is 6.56. The minimum atomic E-state index is 0.498. The van der Waals surface area contributed by atoms with Gasteiger partial charge in [0.2, 0.25) is 0 Å². The Morgan fingerprint density at radius 1 is 1.24 bits per heavy atom. The number of halogens is 1. The fraction of sp³-hybridized carbons (Fsp3) is 0.667. The molecule has 0 spiro atoms. The summed E-state index contributed by atoms with van der Waals surface area (Å²) in [6, 6.07) is 7.75. The lowest BCUT2D eigenvalue weighted by molar-refractivity contribution is 0.570. The van der Waals surface area contributed by atoms with Crippen molar-refractivity contribution in [2.24, 2.45) is 5.92 Å². The number of hydrogen-bond acceptors (Lipinski definition) is 2. The van der Waals surface area contributed by atoms with Crippen molar-refractivity contribution in [1.29, 1.82) is 0 Å². The quantitative estimate of drug-likeness (QED) is 0.738. The van der Waals surface area contributed by atoms with Gasteiger partial charge in [0.1, 0.15) is 0 Å². The molecule has 2 nitrogen and oxygen atoms in total. The highest BCUT2D eigenvalue weighted by Crippen LogP contribution is 2.36. The van der Waals surface area contributed by atoms with E-state index in [9.17, 15) is 0 Å². The minimum Gasteiger partial charge on any atom is -0.367 e. The van der Waals surface area contributed by atoms with E-state index in [0.717, 1.165) is 24.0 Å². The molecule has 1 aliphatic rings. The van der Waals surface area contributed by atoms with Gasteiger partial charge in [-0.25, -0.2) is 0 Å². The zero-order chi connectivity index (χ0) is 15.4. The lowest BCUT2D eigenvalue weighted by atomic mass is 10.1. The summed E-state index contributed by atoms with van der Waals surface area (Å²) in [5.74, 6) is 0.736. The van der Waals surface area contributed by atoms with Gasteiger partial charge in [-0.3, -0.25) is 0 Å². The van der Waals surface area contributed by atoms with Crippen LogP contribution in [0.2, 0.25) is 5.02 Å². The molecule has 1 aliphatic carbocycles. The van der Waals surface area contributed by atoms with Gasteiger partial charge >= 0.3 is 0 Å². The van der Waals surface area contributed by atoms with Crippen molar-refractivity contribution in [3.05, 3.63) is 28.8 Å². The van der Waals surface area contributed by atoms with Crippen molar-refractivity contribution in [3.8, 4) is 0 Å². The molecule has 1 fully saturated rings. The van der Waals surface area contributed by atoms with Crippen LogP contribution in [0.25, 0.3) is 0 Å². The maximum absolute atomic E-state index is 6.56. The van der Waals surface area contributed by atoms with Gasteiger partial charge in [0.15, 0.2) is 0 Å². The number of rotatable bonds is 8. The zero-order valence-electron chi connectivity index (χ0n) is 13.8. The van der Waals surface area contributed by atoms with Gasteiger partial charge in [-0.15, -0.1) is 0 Å². The SMILES string of the molecule is CC(C)CCN(c1ccc(CNC(C)C)cc1Cl)C1CC1. The lowest BCUT2D eigenvalue weighted by Gasteiger charge is -2.27. The first-order valence-electron chi connectivity index (χ1n) is 8.25. The molecule has 0 unspecified atom stereocenters. The number of nitrogens with zero attached hydrogens (tertiary/aromatic N) is 1. The largest absolute Gasteiger partial charge is 0.367 e. The first kappa shape index (κ1) is 16.6. The van der Waals surface area contributed by atoms with Crippen molar-refractivity contribution in [2.75, 3.05) is 11.4 Å². The Bertz CT molecular complexity index is 453. The summed E-state index contributed by atoms with van der Waals surface area (Å²) in [7, 11) is 0. The van der Waals surface area contributed by atoms with Gasteiger partial charge in [-0.1, -0.05) is 45.4 Å². The van der Waals surface area contributed by atoms with Crippen LogP contribution in [0, 0.1) is 5.92 Å². The van der Waals surface area contributed by atoms with Crippen molar-refractivity contribution in [1.82, 2.24) is 5.32 Å². The number of hydrogen-bond donors (Lipinski definition) is 1.